The molecule has 1 aromatic carbocycles. The van der Waals surface area contributed by atoms with E-state index in [0.29, 0.717) is 30.3 Å². The number of fused-ring (bicyclic) bond motifs is 1. The first-order valence-corrected chi connectivity index (χ1v) is 11.3. The zero-order valence-electron chi connectivity index (χ0n) is 19.0. The highest BCUT2D eigenvalue weighted by Crippen LogP contribution is 2.37. The number of ether oxygens (including phenoxy) is 2. The van der Waals surface area contributed by atoms with Gasteiger partial charge in [-0.2, -0.15) is 0 Å². The molecule has 2 saturated heterocycles. The number of carbonyl (C=O) groups excluding carboxylic acids is 3. The largest absolute Gasteiger partial charge is 0.454 e. The number of hydrogen-bond donors (Lipinski definition) is 1. The molecule has 4 rings (SSSR count). The van der Waals surface area contributed by atoms with Gasteiger partial charge in [0.15, 0.2) is 11.5 Å². The number of piperazine rings is 1. The Kier molecular flexibility index (Phi) is 6.55. The molecule has 3 atom stereocenters. The molecule has 3 aliphatic rings. The zero-order valence-corrected chi connectivity index (χ0v) is 19.0. The summed E-state index contributed by atoms with van der Waals surface area (Å²) in [7, 11) is 2.04. The van der Waals surface area contributed by atoms with Crippen molar-refractivity contribution >= 4 is 23.4 Å². The molecule has 3 heterocycles. The number of benzene rings is 1. The van der Waals surface area contributed by atoms with Gasteiger partial charge in [-0.3, -0.25) is 14.4 Å². The number of likely N-dealkylation sites (N-methyl/N-ethyl adjacent to an activating group) is 1. The van der Waals surface area contributed by atoms with E-state index in [0.717, 1.165) is 19.5 Å². The van der Waals surface area contributed by atoms with Gasteiger partial charge >= 0.3 is 0 Å². The number of nitrogens with one attached hydrogen (secondary N) is 1. The van der Waals surface area contributed by atoms with Crippen LogP contribution in [0.3, 0.4) is 0 Å². The molecule has 3 aliphatic heterocycles. The van der Waals surface area contributed by atoms with Crippen LogP contribution in [0.25, 0.3) is 0 Å². The molecule has 9 heteroatoms. The third-order valence-corrected chi connectivity index (χ3v) is 6.76. The van der Waals surface area contributed by atoms with E-state index in [2.05, 4.69) is 10.2 Å². The van der Waals surface area contributed by atoms with Crippen LogP contribution < -0.4 is 19.7 Å². The molecule has 32 heavy (non-hydrogen) atoms. The minimum absolute atomic E-state index is 0.00757. The second-order valence-electron chi connectivity index (χ2n) is 8.94. The van der Waals surface area contributed by atoms with Gasteiger partial charge in [0.1, 0.15) is 6.04 Å². The summed E-state index contributed by atoms with van der Waals surface area (Å²) in [5.41, 5.74) is 0.682. The van der Waals surface area contributed by atoms with Crippen LogP contribution >= 0.6 is 0 Å². The fraction of sp³-hybridized carbons (Fsp3) is 0.609. The predicted octanol–water partition coefficient (Wildman–Crippen LogP) is 1.07. The van der Waals surface area contributed by atoms with Gasteiger partial charge in [-0.05, 0) is 25.1 Å². The number of rotatable bonds is 6. The molecular weight excluding hydrogens is 412 g/mol. The first-order chi connectivity index (χ1) is 15.4. The molecule has 0 radical (unpaired) electrons. The summed E-state index contributed by atoms with van der Waals surface area (Å²) >= 11 is 0. The van der Waals surface area contributed by atoms with Crippen molar-refractivity contribution in [2.45, 2.75) is 32.7 Å². The molecule has 0 saturated carbocycles. The van der Waals surface area contributed by atoms with Crippen LogP contribution in [0, 0.1) is 11.8 Å². The van der Waals surface area contributed by atoms with Crippen LogP contribution in [0.5, 0.6) is 11.5 Å². The van der Waals surface area contributed by atoms with E-state index >= 15 is 0 Å². The number of hydrogen-bond acceptors (Lipinski definition) is 6. The molecule has 0 aliphatic carbocycles. The average Bonchev–Trinajstić information content (AvgIpc) is 3.42. The Morgan fingerprint density at radius 3 is 2.59 bits per heavy atom. The van der Waals surface area contributed by atoms with E-state index < -0.39 is 12.0 Å². The molecule has 0 bridgehead atoms. The molecule has 0 aromatic heterocycles. The van der Waals surface area contributed by atoms with Crippen molar-refractivity contribution in [3.05, 3.63) is 18.2 Å². The van der Waals surface area contributed by atoms with E-state index in [1.54, 1.807) is 23.1 Å². The standard InChI is InChI=1S/C23H32N4O5/c1-4-15(2)21(23(30)26-9-7-25(3)8-10-26)24-22(29)16-11-20(28)27(13-16)17-5-6-18-19(12-17)32-14-31-18/h5-6,12,15-16,21H,4,7-11,13-14H2,1-3H3,(H,24,29). The van der Waals surface area contributed by atoms with Crippen LogP contribution in [0.15, 0.2) is 18.2 Å². The zero-order chi connectivity index (χ0) is 22.8. The summed E-state index contributed by atoms with van der Waals surface area (Å²) in [5.74, 6) is 0.362. The van der Waals surface area contributed by atoms with Gasteiger partial charge in [0.25, 0.3) is 0 Å². The molecule has 174 valence electrons. The lowest BCUT2D eigenvalue weighted by Crippen LogP contribution is -2.57. The van der Waals surface area contributed by atoms with Crippen LogP contribution in [-0.4, -0.2) is 80.1 Å². The lowest BCUT2D eigenvalue weighted by atomic mass is 9.96. The van der Waals surface area contributed by atoms with Crippen molar-refractivity contribution in [3.63, 3.8) is 0 Å². The third kappa shape index (κ3) is 4.53. The predicted molar refractivity (Wildman–Crippen MR) is 118 cm³/mol. The van der Waals surface area contributed by atoms with Crippen molar-refractivity contribution in [2.24, 2.45) is 11.8 Å². The molecule has 9 nitrogen and oxygen atoms in total. The Labute approximate surface area is 188 Å². The Hall–Kier alpha value is -2.81. The highest BCUT2D eigenvalue weighted by atomic mass is 16.7. The summed E-state index contributed by atoms with van der Waals surface area (Å²) in [6.07, 6.45) is 0.896. The third-order valence-electron chi connectivity index (χ3n) is 6.76. The van der Waals surface area contributed by atoms with Crippen molar-refractivity contribution < 1.29 is 23.9 Å². The number of carbonyl (C=O) groups is 3. The van der Waals surface area contributed by atoms with Crippen LogP contribution in [0.2, 0.25) is 0 Å². The molecule has 3 amide bonds. The van der Waals surface area contributed by atoms with Crippen molar-refractivity contribution in [3.8, 4) is 11.5 Å². The summed E-state index contributed by atoms with van der Waals surface area (Å²) in [4.78, 5) is 44.6. The van der Waals surface area contributed by atoms with Crippen molar-refractivity contribution in [2.75, 3.05) is 51.5 Å². The summed E-state index contributed by atoms with van der Waals surface area (Å²) in [6, 6.07) is 4.75. The maximum atomic E-state index is 13.2. The first-order valence-electron chi connectivity index (χ1n) is 11.3. The maximum Gasteiger partial charge on any atom is 0.245 e. The fourth-order valence-corrected chi connectivity index (χ4v) is 4.36. The highest BCUT2D eigenvalue weighted by molar-refractivity contribution is 6.01. The maximum absolute atomic E-state index is 13.2. The summed E-state index contributed by atoms with van der Waals surface area (Å²) in [5, 5.41) is 2.98. The van der Waals surface area contributed by atoms with E-state index in [4.69, 9.17) is 9.47 Å². The second kappa shape index (κ2) is 9.36. The topological polar surface area (TPSA) is 91.4 Å². The summed E-state index contributed by atoms with van der Waals surface area (Å²) in [6.45, 7) is 7.43. The van der Waals surface area contributed by atoms with E-state index in [1.165, 1.54) is 0 Å². The molecule has 3 unspecified atom stereocenters. The second-order valence-corrected chi connectivity index (χ2v) is 8.94. The van der Waals surface area contributed by atoms with Crippen LogP contribution in [0.4, 0.5) is 5.69 Å². The molecular formula is C23H32N4O5. The Morgan fingerprint density at radius 1 is 1.16 bits per heavy atom. The van der Waals surface area contributed by atoms with Crippen LogP contribution in [-0.2, 0) is 14.4 Å². The van der Waals surface area contributed by atoms with Gasteiger partial charge in [0.2, 0.25) is 24.5 Å². The Bertz CT molecular complexity index is 883. The average molecular weight is 445 g/mol. The minimum atomic E-state index is -0.578. The van der Waals surface area contributed by atoms with Gasteiger partial charge in [0.05, 0.1) is 5.92 Å². The van der Waals surface area contributed by atoms with Gasteiger partial charge < -0.3 is 29.5 Å². The smallest absolute Gasteiger partial charge is 0.245 e. The first kappa shape index (κ1) is 22.4. The van der Waals surface area contributed by atoms with Gasteiger partial charge in [0, 0.05) is 50.9 Å². The SMILES string of the molecule is CCC(C)C(NC(=O)C1CC(=O)N(c2ccc3c(c2)OCO3)C1)C(=O)N1CCN(C)CC1. The van der Waals surface area contributed by atoms with Gasteiger partial charge in [-0.1, -0.05) is 20.3 Å². The van der Waals surface area contributed by atoms with E-state index in [-0.39, 0.29) is 43.4 Å². The number of amides is 3. The Balaban J connectivity index is 1.42. The molecule has 2 fully saturated rings. The number of nitrogens with zero attached hydrogens (tertiary/aromatic N) is 3. The monoisotopic (exact) mass is 444 g/mol. The lowest BCUT2D eigenvalue weighted by molar-refractivity contribution is -0.140. The fourth-order valence-electron chi connectivity index (χ4n) is 4.36. The molecule has 0 spiro atoms. The van der Waals surface area contributed by atoms with Crippen molar-refractivity contribution in [1.82, 2.24) is 15.1 Å². The number of anilines is 1. The van der Waals surface area contributed by atoms with Crippen LogP contribution in [0.1, 0.15) is 26.7 Å². The molecule has 1 N–H and O–H groups in total. The Morgan fingerprint density at radius 2 is 1.88 bits per heavy atom. The van der Waals surface area contributed by atoms with Crippen molar-refractivity contribution in [1.29, 1.82) is 0 Å². The lowest BCUT2D eigenvalue weighted by Gasteiger charge is -2.36. The van der Waals surface area contributed by atoms with Gasteiger partial charge in [-0.25, -0.2) is 0 Å². The van der Waals surface area contributed by atoms with Gasteiger partial charge in [-0.15, -0.1) is 0 Å². The minimum Gasteiger partial charge on any atom is -0.454 e. The summed E-state index contributed by atoms with van der Waals surface area (Å²) < 4.78 is 10.7. The molecule has 1 aromatic rings. The van der Waals surface area contributed by atoms with E-state index in [9.17, 15) is 14.4 Å². The quantitative estimate of drug-likeness (QED) is 0.706. The van der Waals surface area contributed by atoms with E-state index in [1.807, 2.05) is 25.8 Å². The normalized spacial score (nSPS) is 22.7. The highest BCUT2D eigenvalue weighted by Gasteiger charge is 2.38.